The lowest BCUT2D eigenvalue weighted by Crippen LogP contribution is -2.13. The average Bonchev–Trinajstić information content (AvgIpc) is 2.87. The molecule has 0 aliphatic rings. The number of aromatic nitrogens is 3. The highest BCUT2D eigenvalue weighted by Crippen LogP contribution is 2.07. The monoisotopic (exact) mass is 257 g/mol. The number of hydrogen-bond donors (Lipinski definition) is 3. The van der Waals surface area contributed by atoms with Gasteiger partial charge in [0.2, 0.25) is 0 Å². The Bertz CT molecular complexity index is 668. The summed E-state index contributed by atoms with van der Waals surface area (Å²) in [6.45, 7) is 0. The van der Waals surface area contributed by atoms with Crippen molar-refractivity contribution in [3.63, 3.8) is 0 Å². The molecular weight excluding hydrogens is 250 g/mol. The number of H-pyrrole nitrogens is 1. The van der Waals surface area contributed by atoms with Gasteiger partial charge in [-0.2, -0.15) is 10.4 Å². The topological polar surface area (TPSA) is 132 Å². The molecule has 0 aromatic carbocycles. The number of rotatable bonds is 3. The van der Waals surface area contributed by atoms with Crippen LogP contribution in [0.15, 0.2) is 24.4 Å². The highest BCUT2D eigenvalue weighted by atomic mass is 16.4. The van der Waals surface area contributed by atoms with Crippen molar-refractivity contribution < 1.29 is 14.7 Å². The van der Waals surface area contributed by atoms with E-state index in [2.05, 4.69) is 20.5 Å². The maximum Gasteiger partial charge on any atom is 0.353 e. The molecule has 0 unspecified atom stereocenters. The third kappa shape index (κ3) is 2.73. The van der Waals surface area contributed by atoms with E-state index in [1.165, 1.54) is 24.4 Å². The van der Waals surface area contributed by atoms with Crippen LogP contribution in [-0.2, 0) is 0 Å². The highest BCUT2D eigenvalue weighted by Gasteiger charge is 2.12. The number of nitrogens with zero attached hydrogens (tertiary/aromatic N) is 3. The van der Waals surface area contributed by atoms with Crippen LogP contribution in [0.25, 0.3) is 0 Å². The number of aromatic amines is 1. The minimum Gasteiger partial charge on any atom is -0.477 e. The predicted molar refractivity (Wildman–Crippen MR) is 62.5 cm³/mol. The van der Waals surface area contributed by atoms with Crippen molar-refractivity contribution in [3.05, 3.63) is 41.3 Å². The summed E-state index contributed by atoms with van der Waals surface area (Å²) < 4.78 is 0. The number of aromatic carboxylic acids is 1. The standard InChI is InChI=1S/C11H7N5O3/c12-4-6-1-2-7(13-5-6)10(17)14-9-3-8(11(18)19)15-16-9/h1-3,5H,(H,18,19)(H2,14,15,16,17). The fourth-order valence-corrected chi connectivity index (χ4v) is 1.27. The van der Waals surface area contributed by atoms with E-state index in [1.807, 2.05) is 6.07 Å². The molecule has 0 aliphatic carbocycles. The second-order valence-corrected chi connectivity index (χ2v) is 3.47. The van der Waals surface area contributed by atoms with Gasteiger partial charge in [-0.25, -0.2) is 9.78 Å². The molecule has 1 amide bonds. The number of hydrogen-bond acceptors (Lipinski definition) is 5. The Morgan fingerprint density at radius 2 is 2.21 bits per heavy atom. The van der Waals surface area contributed by atoms with Gasteiger partial charge < -0.3 is 10.4 Å². The molecule has 94 valence electrons. The van der Waals surface area contributed by atoms with Crippen LogP contribution in [-0.4, -0.2) is 32.2 Å². The van der Waals surface area contributed by atoms with Gasteiger partial charge >= 0.3 is 5.97 Å². The molecule has 2 heterocycles. The summed E-state index contributed by atoms with van der Waals surface area (Å²) in [5.41, 5.74) is 0.298. The SMILES string of the molecule is N#Cc1ccc(C(=O)Nc2cc(C(=O)O)[nH]n2)nc1. The van der Waals surface area contributed by atoms with Crippen molar-refractivity contribution in [1.82, 2.24) is 15.2 Å². The minimum absolute atomic E-state index is 0.0774. The molecule has 3 N–H and O–H groups in total. The summed E-state index contributed by atoms with van der Waals surface area (Å²) in [4.78, 5) is 26.1. The zero-order valence-electron chi connectivity index (χ0n) is 9.41. The molecular formula is C11H7N5O3. The van der Waals surface area contributed by atoms with Crippen LogP contribution in [0.2, 0.25) is 0 Å². The molecule has 8 nitrogen and oxygen atoms in total. The Morgan fingerprint density at radius 3 is 2.74 bits per heavy atom. The Morgan fingerprint density at radius 1 is 1.42 bits per heavy atom. The third-order valence-corrected chi connectivity index (χ3v) is 2.18. The zero-order chi connectivity index (χ0) is 13.8. The number of carboxylic acids is 1. The molecule has 0 bridgehead atoms. The lowest BCUT2D eigenvalue weighted by atomic mass is 10.2. The number of carbonyl (C=O) groups is 2. The molecule has 8 heteroatoms. The van der Waals surface area contributed by atoms with Crippen LogP contribution in [0.5, 0.6) is 0 Å². The van der Waals surface area contributed by atoms with E-state index in [0.29, 0.717) is 5.56 Å². The van der Waals surface area contributed by atoms with Crippen molar-refractivity contribution in [2.45, 2.75) is 0 Å². The second kappa shape index (κ2) is 4.97. The van der Waals surface area contributed by atoms with E-state index < -0.39 is 11.9 Å². The van der Waals surface area contributed by atoms with E-state index >= 15 is 0 Å². The number of nitriles is 1. The highest BCUT2D eigenvalue weighted by molar-refractivity contribution is 6.02. The lowest BCUT2D eigenvalue weighted by molar-refractivity contribution is 0.0690. The van der Waals surface area contributed by atoms with E-state index in [9.17, 15) is 9.59 Å². The summed E-state index contributed by atoms with van der Waals surface area (Å²) >= 11 is 0. The summed E-state index contributed by atoms with van der Waals surface area (Å²) in [5, 5.41) is 25.5. The number of anilines is 1. The maximum atomic E-state index is 11.7. The molecule has 0 radical (unpaired) electrons. The molecule has 0 atom stereocenters. The quantitative estimate of drug-likeness (QED) is 0.738. The van der Waals surface area contributed by atoms with Crippen LogP contribution in [0.3, 0.4) is 0 Å². The van der Waals surface area contributed by atoms with Crippen molar-refractivity contribution in [1.29, 1.82) is 5.26 Å². The van der Waals surface area contributed by atoms with Crippen molar-refractivity contribution in [2.75, 3.05) is 5.32 Å². The van der Waals surface area contributed by atoms with Crippen LogP contribution < -0.4 is 5.32 Å². The smallest absolute Gasteiger partial charge is 0.353 e. The van der Waals surface area contributed by atoms with Gasteiger partial charge in [0.25, 0.3) is 5.91 Å². The number of amides is 1. The van der Waals surface area contributed by atoms with Crippen molar-refractivity contribution in [2.24, 2.45) is 0 Å². The summed E-state index contributed by atoms with van der Waals surface area (Å²) in [5.74, 6) is -1.65. The second-order valence-electron chi connectivity index (χ2n) is 3.47. The van der Waals surface area contributed by atoms with Gasteiger partial charge in [-0.15, -0.1) is 0 Å². The molecule has 2 aromatic rings. The Labute approximate surface area is 106 Å². The lowest BCUT2D eigenvalue weighted by Gasteiger charge is -2.00. The van der Waals surface area contributed by atoms with Gasteiger partial charge in [0.1, 0.15) is 17.5 Å². The average molecular weight is 257 g/mol. The van der Waals surface area contributed by atoms with Gasteiger partial charge in [0.05, 0.1) is 5.56 Å². The normalized spacial score (nSPS) is 9.63. The summed E-state index contributed by atoms with van der Waals surface area (Å²) in [7, 11) is 0. The first-order valence-electron chi connectivity index (χ1n) is 5.06. The molecule has 2 aromatic heterocycles. The Balaban J connectivity index is 2.11. The maximum absolute atomic E-state index is 11.7. The molecule has 2 rings (SSSR count). The first-order chi connectivity index (χ1) is 9.10. The number of nitrogens with one attached hydrogen (secondary N) is 2. The van der Waals surface area contributed by atoms with Gasteiger partial charge in [-0.1, -0.05) is 0 Å². The van der Waals surface area contributed by atoms with E-state index in [-0.39, 0.29) is 17.2 Å². The minimum atomic E-state index is -1.18. The molecule has 0 spiro atoms. The van der Waals surface area contributed by atoms with Crippen molar-refractivity contribution >= 4 is 17.7 Å². The van der Waals surface area contributed by atoms with E-state index in [1.54, 1.807) is 0 Å². The third-order valence-electron chi connectivity index (χ3n) is 2.18. The van der Waals surface area contributed by atoms with Crippen molar-refractivity contribution in [3.8, 4) is 6.07 Å². The fraction of sp³-hybridized carbons (Fsp3) is 0. The number of pyridine rings is 1. The first-order valence-corrected chi connectivity index (χ1v) is 5.06. The summed E-state index contributed by atoms with van der Waals surface area (Å²) in [6, 6.07) is 5.91. The van der Waals surface area contributed by atoms with E-state index in [4.69, 9.17) is 10.4 Å². The van der Waals surface area contributed by atoms with Gasteiger partial charge in [0, 0.05) is 12.3 Å². The van der Waals surface area contributed by atoms with Gasteiger partial charge in [-0.3, -0.25) is 9.89 Å². The Hall–Kier alpha value is -3.21. The van der Waals surface area contributed by atoms with E-state index in [0.717, 1.165) is 0 Å². The number of carboxylic acid groups (broad SMARTS) is 1. The summed E-state index contributed by atoms with van der Waals surface area (Å²) in [6.07, 6.45) is 1.27. The molecule has 0 fully saturated rings. The van der Waals surface area contributed by atoms with Crippen LogP contribution in [0, 0.1) is 11.3 Å². The largest absolute Gasteiger partial charge is 0.477 e. The molecule has 0 saturated heterocycles. The molecule has 0 saturated carbocycles. The number of carbonyl (C=O) groups excluding carboxylic acids is 1. The molecule has 19 heavy (non-hydrogen) atoms. The van der Waals surface area contributed by atoms with Gasteiger partial charge in [-0.05, 0) is 12.1 Å². The zero-order valence-corrected chi connectivity index (χ0v) is 9.41. The van der Waals surface area contributed by atoms with Crippen LogP contribution in [0.1, 0.15) is 26.5 Å². The van der Waals surface area contributed by atoms with Gasteiger partial charge in [0.15, 0.2) is 5.82 Å². The Kier molecular flexibility index (Phi) is 3.20. The van der Waals surface area contributed by atoms with Crippen LogP contribution in [0.4, 0.5) is 5.82 Å². The molecule has 0 aliphatic heterocycles. The predicted octanol–water partition coefficient (Wildman–Crippen LogP) is 0.627. The van der Waals surface area contributed by atoms with Crippen LogP contribution >= 0.6 is 0 Å². The fourth-order valence-electron chi connectivity index (χ4n) is 1.27. The first kappa shape index (κ1) is 12.3.